The number of nitrogen functional groups attached to an aromatic ring is 1. The second kappa shape index (κ2) is 5.13. The first-order chi connectivity index (χ1) is 8.97. The molecular weight excluding hydrogens is 246 g/mol. The number of carbonyl (C=O) groups excluding carboxylic acids is 1. The lowest BCUT2D eigenvalue weighted by Crippen LogP contribution is -2.26. The molecule has 7 nitrogen and oxygen atoms in total. The van der Waals surface area contributed by atoms with Gasteiger partial charge in [-0.3, -0.25) is 4.79 Å². The Morgan fingerprint density at radius 1 is 1.58 bits per heavy atom. The number of aryl methyl sites for hydroxylation is 1. The van der Waals surface area contributed by atoms with Gasteiger partial charge in [-0.25, -0.2) is 0 Å². The summed E-state index contributed by atoms with van der Waals surface area (Å²) in [5.74, 6) is 0.702. The van der Waals surface area contributed by atoms with Crippen LogP contribution in [0.1, 0.15) is 42.1 Å². The third-order valence-corrected chi connectivity index (χ3v) is 2.64. The summed E-state index contributed by atoms with van der Waals surface area (Å²) in [6, 6.07) is 1.81. The zero-order chi connectivity index (χ0) is 14.0. The Hall–Kier alpha value is -2.31. The molecule has 2 rings (SSSR count). The molecule has 0 aliphatic rings. The normalized spacial score (nSPS) is 10.9. The molecule has 0 aromatic carbocycles. The first-order valence-corrected chi connectivity index (χ1v) is 6.02. The van der Waals surface area contributed by atoms with E-state index in [0.29, 0.717) is 23.1 Å². The van der Waals surface area contributed by atoms with Gasteiger partial charge in [-0.15, -0.1) is 0 Å². The minimum absolute atomic E-state index is 0.158. The van der Waals surface area contributed by atoms with Crippen molar-refractivity contribution in [2.45, 2.75) is 33.4 Å². The second-order valence-electron chi connectivity index (χ2n) is 4.57. The van der Waals surface area contributed by atoms with E-state index in [1.165, 1.54) is 0 Å². The van der Waals surface area contributed by atoms with Crippen molar-refractivity contribution < 1.29 is 9.32 Å². The molecule has 0 aliphatic heterocycles. The van der Waals surface area contributed by atoms with Gasteiger partial charge in [0.05, 0.1) is 12.2 Å². The molecule has 0 radical (unpaired) electrons. The maximum atomic E-state index is 12.1. The Kier molecular flexibility index (Phi) is 3.55. The minimum atomic E-state index is -0.215. The fraction of sp³-hybridized carbons (Fsp3) is 0.417. The lowest BCUT2D eigenvalue weighted by atomic mass is 10.3. The molecule has 0 fully saturated rings. The van der Waals surface area contributed by atoms with Gasteiger partial charge < -0.3 is 20.1 Å². The Bertz CT molecular complexity index is 585. The number of nitrogens with one attached hydrogen (secondary N) is 1. The van der Waals surface area contributed by atoms with Gasteiger partial charge in [-0.05, 0) is 19.9 Å². The van der Waals surface area contributed by atoms with Crippen LogP contribution in [0.15, 0.2) is 16.8 Å². The van der Waals surface area contributed by atoms with Crippen molar-refractivity contribution in [3.05, 3.63) is 29.7 Å². The molecule has 0 spiro atoms. The van der Waals surface area contributed by atoms with Crippen molar-refractivity contribution in [1.29, 1.82) is 0 Å². The topological polar surface area (TPSA) is 99.0 Å². The Morgan fingerprint density at radius 3 is 2.89 bits per heavy atom. The van der Waals surface area contributed by atoms with E-state index in [2.05, 4.69) is 15.5 Å². The van der Waals surface area contributed by atoms with Crippen molar-refractivity contribution in [3.63, 3.8) is 0 Å². The summed E-state index contributed by atoms with van der Waals surface area (Å²) in [6.45, 7) is 5.89. The molecule has 0 aliphatic carbocycles. The maximum absolute atomic E-state index is 12.1. The van der Waals surface area contributed by atoms with Crippen LogP contribution in [0.5, 0.6) is 0 Å². The lowest BCUT2D eigenvalue weighted by Gasteiger charge is -2.11. The quantitative estimate of drug-likeness (QED) is 0.865. The molecule has 0 bridgehead atoms. The van der Waals surface area contributed by atoms with Crippen LogP contribution in [-0.2, 0) is 6.54 Å². The summed E-state index contributed by atoms with van der Waals surface area (Å²) in [7, 11) is 0. The van der Waals surface area contributed by atoms with E-state index in [4.69, 9.17) is 10.3 Å². The molecule has 2 heterocycles. The summed E-state index contributed by atoms with van der Waals surface area (Å²) in [4.78, 5) is 16.1. The maximum Gasteiger partial charge on any atom is 0.268 e. The first kappa shape index (κ1) is 13.1. The molecule has 0 atom stereocenters. The number of hydrogen-bond acceptors (Lipinski definition) is 5. The van der Waals surface area contributed by atoms with E-state index in [9.17, 15) is 4.79 Å². The predicted molar refractivity (Wildman–Crippen MR) is 69.4 cm³/mol. The number of hydrogen-bond donors (Lipinski definition) is 2. The van der Waals surface area contributed by atoms with Gasteiger partial charge in [-0.1, -0.05) is 5.16 Å². The highest BCUT2D eigenvalue weighted by molar-refractivity contribution is 5.93. The third kappa shape index (κ3) is 2.93. The van der Waals surface area contributed by atoms with Gasteiger partial charge in [0.15, 0.2) is 5.82 Å². The first-order valence-electron chi connectivity index (χ1n) is 6.02. The van der Waals surface area contributed by atoms with Crippen LogP contribution in [-0.4, -0.2) is 20.6 Å². The zero-order valence-corrected chi connectivity index (χ0v) is 11.2. The van der Waals surface area contributed by atoms with Crippen molar-refractivity contribution in [1.82, 2.24) is 20.0 Å². The summed E-state index contributed by atoms with van der Waals surface area (Å²) in [6.07, 6.45) is 1.75. The molecule has 0 unspecified atom stereocenters. The smallest absolute Gasteiger partial charge is 0.268 e. The largest absolute Gasteiger partial charge is 0.397 e. The number of nitrogens with zero attached hydrogens (tertiary/aromatic N) is 3. The second-order valence-corrected chi connectivity index (χ2v) is 4.57. The standard InChI is InChI=1S/C12H17N5O2/c1-7(2)17-6-9(13)4-10(17)12(18)14-5-11-15-8(3)19-16-11/h4,6-7H,5,13H2,1-3H3,(H,14,18). The van der Waals surface area contributed by atoms with E-state index < -0.39 is 0 Å². The minimum Gasteiger partial charge on any atom is -0.397 e. The van der Waals surface area contributed by atoms with Crippen molar-refractivity contribution >= 4 is 11.6 Å². The van der Waals surface area contributed by atoms with Crippen LogP contribution in [0.25, 0.3) is 0 Å². The molecule has 1 amide bonds. The molecule has 0 saturated carbocycles. The van der Waals surface area contributed by atoms with Crippen molar-refractivity contribution in [3.8, 4) is 0 Å². The van der Waals surface area contributed by atoms with Crippen molar-refractivity contribution in [2.24, 2.45) is 0 Å². The molecule has 3 N–H and O–H groups in total. The van der Waals surface area contributed by atoms with E-state index in [1.807, 2.05) is 18.4 Å². The van der Waals surface area contributed by atoms with E-state index in [0.717, 1.165) is 0 Å². The monoisotopic (exact) mass is 263 g/mol. The summed E-state index contributed by atoms with van der Waals surface area (Å²) >= 11 is 0. The Labute approximate surface area is 110 Å². The van der Waals surface area contributed by atoms with E-state index in [1.54, 1.807) is 19.2 Å². The molecule has 2 aromatic heterocycles. The van der Waals surface area contributed by atoms with Crippen LogP contribution < -0.4 is 11.1 Å². The molecule has 19 heavy (non-hydrogen) atoms. The highest BCUT2D eigenvalue weighted by atomic mass is 16.5. The number of nitrogens with two attached hydrogens (primary N) is 1. The summed E-state index contributed by atoms with van der Waals surface area (Å²) in [5.41, 5.74) is 6.81. The third-order valence-electron chi connectivity index (χ3n) is 2.64. The number of amides is 1. The number of aromatic nitrogens is 3. The summed E-state index contributed by atoms with van der Waals surface area (Å²) < 4.78 is 6.66. The molecule has 0 saturated heterocycles. The predicted octanol–water partition coefficient (Wildman–Crippen LogP) is 1.27. The average Bonchev–Trinajstić information content (AvgIpc) is 2.92. The highest BCUT2D eigenvalue weighted by Crippen LogP contribution is 2.16. The molecule has 7 heteroatoms. The van der Waals surface area contributed by atoms with Crippen molar-refractivity contribution in [2.75, 3.05) is 5.73 Å². The Balaban J connectivity index is 2.07. The van der Waals surface area contributed by atoms with Crippen LogP contribution in [0.4, 0.5) is 5.69 Å². The van der Waals surface area contributed by atoms with Crippen LogP contribution in [0, 0.1) is 6.92 Å². The zero-order valence-electron chi connectivity index (χ0n) is 11.2. The number of rotatable bonds is 4. The molecular formula is C12H17N5O2. The van der Waals surface area contributed by atoms with Crippen LogP contribution >= 0.6 is 0 Å². The highest BCUT2D eigenvalue weighted by Gasteiger charge is 2.15. The van der Waals surface area contributed by atoms with E-state index >= 15 is 0 Å². The average molecular weight is 263 g/mol. The van der Waals surface area contributed by atoms with Gasteiger partial charge >= 0.3 is 0 Å². The SMILES string of the molecule is Cc1nc(CNC(=O)c2cc(N)cn2C(C)C)no1. The van der Waals surface area contributed by atoms with Crippen LogP contribution in [0.2, 0.25) is 0 Å². The molecule has 102 valence electrons. The van der Waals surface area contributed by atoms with Gasteiger partial charge in [0.1, 0.15) is 5.69 Å². The van der Waals surface area contributed by atoms with Gasteiger partial charge in [0, 0.05) is 19.2 Å². The fourth-order valence-corrected chi connectivity index (χ4v) is 1.77. The van der Waals surface area contributed by atoms with Gasteiger partial charge in [0.25, 0.3) is 5.91 Å². The van der Waals surface area contributed by atoms with E-state index in [-0.39, 0.29) is 18.5 Å². The fourth-order valence-electron chi connectivity index (χ4n) is 1.77. The van der Waals surface area contributed by atoms with Gasteiger partial charge in [-0.2, -0.15) is 4.98 Å². The number of anilines is 1. The Morgan fingerprint density at radius 2 is 2.32 bits per heavy atom. The van der Waals surface area contributed by atoms with Crippen LogP contribution in [0.3, 0.4) is 0 Å². The number of carbonyl (C=O) groups is 1. The lowest BCUT2D eigenvalue weighted by molar-refractivity contribution is 0.0939. The summed E-state index contributed by atoms with van der Waals surface area (Å²) in [5, 5.41) is 6.45. The molecule has 2 aromatic rings. The van der Waals surface area contributed by atoms with Gasteiger partial charge in [0.2, 0.25) is 5.89 Å².